The highest BCUT2D eigenvalue weighted by molar-refractivity contribution is 7.78. The molecule has 0 radical (unpaired) electrons. The maximum Gasteiger partial charge on any atom is 0.159 e. The summed E-state index contributed by atoms with van der Waals surface area (Å²) in [6.45, 7) is 0. The van der Waals surface area contributed by atoms with Crippen LogP contribution in [0.5, 0.6) is 0 Å². The molecule has 0 bridgehead atoms. The fourth-order valence-electron chi connectivity index (χ4n) is 2.50. The molecule has 0 saturated carbocycles. The van der Waals surface area contributed by atoms with Crippen molar-refractivity contribution >= 4 is 11.1 Å². The summed E-state index contributed by atoms with van der Waals surface area (Å²) in [5.74, 6) is -3.03. The van der Waals surface area contributed by atoms with Crippen molar-refractivity contribution in [2.75, 3.05) is 0 Å². The molecule has 3 rings (SSSR count). The molecule has 1 aromatic heterocycles. The van der Waals surface area contributed by atoms with Crippen LogP contribution in [0.4, 0.5) is 13.2 Å². The molecule has 7 heteroatoms. The first-order valence-corrected chi connectivity index (χ1v) is 8.44. The second-order valence-electron chi connectivity index (χ2n) is 5.30. The molecule has 0 aliphatic heterocycles. The van der Waals surface area contributed by atoms with E-state index >= 15 is 0 Å². The summed E-state index contributed by atoms with van der Waals surface area (Å²) in [4.78, 5) is 4.00. The lowest BCUT2D eigenvalue weighted by Crippen LogP contribution is -1.97. The molecule has 0 aliphatic carbocycles. The Balaban J connectivity index is 2.08. The van der Waals surface area contributed by atoms with Gasteiger partial charge in [0, 0.05) is 23.7 Å². The molecule has 25 heavy (non-hydrogen) atoms. The fourth-order valence-corrected chi connectivity index (χ4v) is 2.99. The van der Waals surface area contributed by atoms with E-state index in [9.17, 15) is 21.9 Å². The van der Waals surface area contributed by atoms with Crippen LogP contribution in [0.1, 0.15) is 5.56 Å². The highest BCUT2D eigenvalue weighted by Crippen LogP contribution is 2.32. The van der Waals surface area contributed by atoms with Gasteiger partial charge in [-0.1, -0.05) is 29.3 Å². The van der Waals surface area contributed by atoms with Gasteiger partial charge in [-0.2, -0.15) is 0 Å². The van der Waals surface area contributed by atoms with Gasteiger partial charge in [0.2, 0.25) is 0 Å². The molecular formula is C18H11F3NO2S-. The highest BCUT2D eigenvalue weighted by atomic mass is 32.2. The zero-order valence-electron chi connectivity index (χ0n) is 12.7. The first-order valence-electron chi connectivity index (χ1n) is 7.20. The summed E-state index contributed by atoms with van der Waals surface area (Å²) in [6, 6.07) is 9.24. The van der Waals surface area contributed by atoms with Gasteiger partial charge >= 0.3 is 0 Å². The summed E-state index contributed by atoms with van der Waals surface area (Å²) in [7, 11) is 0. The molecule has 3 nitrogen and oxygen atoms in total. The van der Waals surface area contributed by atoms with Crippen molar-refractivity contribution in [3.8, 4) is 22.3 Å². The molecule has 1 unspecified atom stereocenters. The lowest BCUT2D eigenvalue weighted by atomic mass is 9.96. The topological polar surface area (TPSA) is 53.0 Å². The van der Waals surface area contributed by atoms with Crippen molar-refractivity contribution in [3.63, 3.8) is 0 Å². The van der Waals surface area contributed by atoms with Crippen LogP contribution in [0.25, 0.3) is 22.3 Å². The second-order valence-corrected chi connectivity index (χ2v) is 6.20. The van der Waals surface area contributed by atoms with Crippen molar-refractivity contribution in [1.82, 2.24) is 4.98 Å². The molecule has 0 fully saturated rings. The number of benzene rings is 2. The van der Waals surface area contributed by atoms with Gasteiger partial charge in [0.15, 0.2) is 11.6 Å². The third-order valence-corrected chi connectivity index (χ3v) is 4.24. The van der Waals surface area contributed by atoms with Crippen LogP contribution in [-0.2, 0) is 16.8 Å². The molecule has 1 atom stereocenters. The molecule has 128 valence electrons. The van der Waals surface area contributed by atoms with Crippen molar-refractivity contribution in [3.05, 3.63) is 77.9 Å². The molecule has 0 N–H and O–H groups in total. The standard InChI is InChI=1S/C18H12F3NO2S/c19-16-4-3-11(8-18(16)21)14-5-6-22-9-15(14)12-1-2-13(10-25(23)24)17(20)7-12/h1-9H,10H2,(H,23,24)/p-1. The van der Waals surface area contributed by atoms with E-state index in [-0.39, 0.29) is 5.56 Å². The minimum Gasteiger partial charge on any atom is -0.772 e. The minimum absolute atomic E-state index is 0.0513. The first kappa shape index (κ1) is 17.3. The van der Waals surface area contributed by atoms with Gasteiger partial charge < -0.3 is 4.55 Å². The predicted molar refractivity (Wildman–Crippen MR) is 87.6 cm³/mol. The number of pyridine rings is 1. The van der Waals surface area contributed by atoms with Gasteiger partial charge in [0.25, 0.3) is 0 Å². The van der Waals surface area contributed by atoms with Gasteiger partial charge in [-0.15, -0.1) is 0 Å². The van der Waals surface area contributed by atoms with Crippen LogP contribution in [0.3, 0.4) is 0 Å². The summed E-state index contributed by atoms with van der Waals surface area (Å²) in [6.07, 6.45) is 2.97. The Bertz CT molecular complexity index is 963. The first-order chi connectivity index (χ1) is 12.0. The number of nitrogens with zero attached hydrogens (tertiary/aromatic N) is 1. The Morgan fingerprint density at radius 3 is 2.24 bits per heavy atom. The van der Waals surface area contributed by atoms with Crippen molar-refractivity contribution in [1.29, 1.82) is 0 Å². The molecule has 0 amide bonds. The summed E-state index contributed by atoms with van der Waals surface area (Å²) in [5, 5.41) is 0. The van der Waals surface area contributed by atoms with Crippen LogP contribution in [0.15, 0.2) is 54.9 Å². The Labute approximate surface area is 144 Å². The van der Waals surface area contributed by atoms with E-state index in [0.29, 0.717) is 22.3 Å². The number of aromatic nitrogens is 1. The van der Waals surface area contributed by atoms with Gasteiger partial charge in [-0.25, -0.2) is 13.2 Å². The Morgan fingerprint density at radius 2 is 1.56 bits per heavy atom. The molecule has 1 heterocycles. The average molecular weight is 362 g/mol. The SMILES string of the molecule is O=S([O-])Cc1ccc(-c2cnccc2-c2ccc(F)c(F)c2)cc1F. The van der Waals surface area contributed by atoms with Crippen molar-refractivity contribution in [2.24, 2.45) is 0 Å². The number of rotatable bonds is 4. The van der Waals surface area contributed by atoms with E-state index < -0.39 is 34.3 Å². The van der Waals surface area contributed by atoms with Gasteiger partial charge in [0.1, 0.15) is 5.82 Å². The van der Waals surface area contributed by atoms with Gasteiger partial charge in [0.05, 0.1) is 0 Å². The van der Waals surface area contributed by atoms with E-state index in [2.05, 4.69) is 4.98 Å². The minimum atomic E-state index is -2.40. The van der Waals surface area contributed by atoms with E-state index in [0.717, 1.165) is 12.1 Å². The Hall–Kier alpha value is -2.51. The normalized spacial score (nSPS) is 12.2. The zero-order valence-corrected chi connectivity index (χ0v) is 13.5. The van der Waals surface area contributed by atoms with E-state index in [4.69, 9.17) is 0 Å². The average Bonchev–Trinajstić information content (AvgIpc) is 2.59. The smallest absolute Gasteiger partial charge is 0.159 e. The Morgan fingerprint density at radius 1 is 0.880 bits per heavy atom. The molecule has 0 aliphatic rings. The fraction of sp³-hybridized carbons (Fsp3) is 0.0556. The van der Waals surface area contributed by atoms with Crippen LogP contribution in [0.2, 0.25) is 0 Å². The summed E-state index contributed by atoms with van der Waals surface area (Å²) >= 11 is -2.40. The van der Waals surface area contributed by atoms with Crippen molar-refractivity contribution in [2.45, 2.75) is 5.75 Å². The molecule has 0 saturated heterocycles. The van der Waals surface area contributed by atoms with E-state index in [1.807, 2.05) is 0 Å². The lowest BCUT2D eigenvalue weighted by Gasteiger charge is -2.12. The van der Waals surface area contributed by atoms with Crippen LogP contribution in [-0.4, -0.2) is 13.7 Å². The van der Waals surface area contributed by atoms with E-state index in [1.54, 1.807) is 12.1 Å². The third kappa shape index (κ3) is 3.78. The Kier molecular flexibility index (Phi) is 4.96. The predicted octanol–water partition coefficient (Wildman–Crippen LogP) is 4.21. The van der Waals surface area contributed by atoms with Gasteiger partial charge in [-0.3, -0.25) is 9.19 Å². The monoisotopic (exact) mass is 362 g/mol. The number of hydrogen-bond donors (Lipinski definition) is 0. The maximum absolute atomic E-state index is 14.1. The van der Waals surface area contributed by atoms with Crippen LogP contribution < -0.4 is 0 Å². The highest BCUT2D eigenvalue weighted by Gasteiger charge is 2.12. The van der Waals surface area contributed by atoms with Crippen LogP contribution in [0, 0.1) is 17.5 Å². The summed E-state index contributed by atoms with van der Waals surface area (Å²) < 4.78 is 62.3. The number of halogens is 3. The molecule has 3 aromatic rings. The van der Waals surface area contributed by atoms with Crippen molar-refractivity contribution < 1.29 is 21.9 Å². The summed E-state index contributed by atoms with van der Waals surface area (Å²) in [5.41, 5.74) is 1.98. The van der Waals surface area contributed by atoms with E-state index in [1.165, 1.54) is 30.6 Å². The molecule has 2 aromatic carbocycles. The molecular weight excluding hydrogens is 351 g/mol. The van der Waals surface area contributed by atoms with Gasteiger partial charge in [-0.05, 0) is 46.5 Å². The number of hydrogen-bond acceptors (Lipinski definition) is 3. The third-order valence-electron chi connectivity index (χ3n) is 3.69. The maximum atomic E-state index is 14.1. The lowest BCUT2D eigenvalue weighted by molar-refractivity contribution is 0.509. The second kappa shape index (κ2) is 7.16. The zero-order chi connectivity index (χ0) is 18.0. The quantitative estimate of drug-likeness (QED) is 0.653. The molecule has 0 spiro atoms. The van der Waals surface area contributed by atoms with Crippen LogP contribution >= 0.6 is 0 Å². The largest absolute Gasteiger partial charge is 0.772 e.